The summed E-state index contributed by atoms with van der Waals surface area (Å²) in [4.78, 5) is 10.6. The molecule has 0 heterocycles. The molecule has 1 fully saturated rings. The van der Waals surface area contributed by atoms with Gasteiger partial charge in [-0.25, -0.2) is 4.39 Å². The van der Waals surface area contributed by atoms with Gasteiger partial charge in [0.05, 0.1) is 5.92 Å². The van der Waals surface area contributed by atoms with Crippen molar-refractivity contribution in [3.63, 3.8) is 0 Å². The second-order valence-electron chi connectivity index (χ2n) is 3.76. The molecule has 1 saturated carbocycles. The first-order valence-corrected chi connectivity index (χ1v) is 4.65. The molecular weight excluding hydrogens is 183 g/mol. The fraction of sp³-hybridized carbons (Fsp3) is 0.364. The van der Waals surface area contributed by atoms with E-state index >= 15 is 0 Å². The van der Waals surface area contributed by atoms with Gasteiger partial charge in [-0.15, -0.1) is 0 Å². The minimum absolute atomic E-state index is 0.204. The van der Waals surface area contributed by atoms with Crippen LogP contribution in [-0.4, -0.2) is 11.1 Å². The molecular formula is C11H11FO2. The summed E-state index contributed by atoms with van der Waals surface area (Å²) in [6, 6.07) is 6.31. The molecule has 0 saturated heterocycles. The molecule has 2 rings (SSSR count). The van der Waals surface area contributed by atoms with E-state index in [1.165, 1.54) is 12.1 Å². The van der Waals surface area contributed by atoms with E-state index in [0.29, 0.717) is 18.8 Å². The van der Waals surface area contributed by atoms with Crippen molar-refractivity contribution >= 4 is 5.97 Å². The van der Waals surface area contributed by atoms with E-state index < -0.39 is 5.97 Å². The molecule has 2 nitrogen and oxygen atoms in total. The number of rotatable bonds is 2. The van der Waals surface area contributed by atoms with E-state index in [9.17, 15) is 9.18 Å². The van der Waals surface area contributed by atoms with Crippen LogP contribution in [0.3, 0.4) is 0 Å². The molecule has 1 aromatic rings. The summed E-state index contributed by atoms with van der Waals surface area (Å²) in [5.41, 5.74) is 1.05. The molecule has 1 aliphatic rings. The first kappa shape index (κ1) is 9.19. The fourth-order valence-electron chi connectivity index (χ4n) is 1.83. The first-order chi connectivity index (χ1) is 6.66. The Morgan fingerprint density at radius 2 is 1.86 bits per heavy atom. The van der Waals surface area contributed by atoms with Crippen molar-refractivity contribution < 1.29 is 14.3 Å². The van der Waals surface area contributed by atoms with Gasteiger partial charge in [0.1, 0.15) is 5.82 Å². The van der Waals surface area contributed by atoms with Crippen LogP contribution in [0.2, 0.25) is 0 Å². The Morgan fingerprint density at radius 1 is 1.29 bits per heavy atom. The molecule has 0 radical (unpaired) electrons. The molecule has 3 heteroatoms. The highest BCUT2D eigenvalue weighted by Gasteiger charge is 2.34. The van der Waals surface area contributed by atoms with Crippen molar-refractivity contribution in [1.29, 1.82) is 0 Å². The van der Waals surface area contributed by atoms with Crippen LogP contribution >= 0.6 is 0 Å². The van der Waals surface area contributed by atoms with Gasteiger partial charge in [0.15, 0.2) is 0 Å². The zero-order chi connectivity index (χ0) is 10.1. The highest BCUT2D eigenvalue weighted by Crippen LogP contribution is 2.41. The lowest BCUT2D eigenvalue weighted by molar-refractivity contribution is -0.145. The maximum absolute atomic E-state index is 12.6. The van der Waals surface area contributed by atoms with Crippen LogP contribution in [0.5, 0.6) is 0 Å². The molecule has 0 amide bonds. The van der Waals surface area contributed by atoms with E-state index in [0.717, 1.165) is 5.56 Å². The largest absolute Gasteiger partial charge is 0.481 e. The van der Waals surface area contributed by atoms with Gasteiger partial charge in [-0.2, -0.15) is 0 Å². The standard InChI is InChI=1S/C11H11FO2/c12-10-3-1-7(2-4-10)8-5-9(6-8)11(13)14/h1-4,8-9H,5-6H2,(H,13,14)/t8-,9-. The van der Waals surface area contributed by atoms with Crippen LogP contribution in [0.25, 0.3) is 0 Å². The molecule has 1 N–H and O–H groups in total. The maximum atomic E-state index is 12.6. The number of hydrogen-bond acceptors (Lipinski definition) is 1. The molecule has 0 atom stereocenters. The third-order valence-corrected chi connectivity index (χ3v) is 2.83. The van der Waals surface area contributed by atoms with Crippen molar-refractivity contribution in [3.05, 3.63) is 35.6 Å². The minimum atomic E-state index is -0.719. The Kier molecular flexibility index (Phi) is 2.23. The summed E-state index contributed by atoms with van der Waals surface area (Å²) in [5.74, 6) is -0.868. The van der Waals surface area contributed by atoms with Gasteiger partial charge in [0.25, 0.3) is 0 Å². The summed E-state index contributed by atoms with van der Waals surface area (Å²) in [5, 5.41) is 8.68. The van der Waals surface area contributed by atoms with Gasteiger partial charge in [0, 0.05) is 0 Å². The predicted molar refractivity (Wildman–Crippen MR) is 49.5 cm³/mol. The Bertz CT molecular complexity index is 339. The third kappa shape index (κ3) is 1.62. The van der Waals surface area contributed by atoms with Gasteiger partial charge in [-0.1, -0.05) is 12.1 Å². The Morgan fingerprint density at radius 3 is 2.36 bits per heavy atom. The lowest BCUT2D eigenvalue weighted by Crippen LogP contribution is -2.28. The number of aliphatic carboxylic acids is 1. The Hall–Kier alpha value is -1.38. The predicted octanol–water partition coefficient (Wildman–Crippen LogP) is 2.40. The monoisotopic (exact) mass is 194 g/mol. The quantitative estimate of drug-likeness (QED) is 0.784. The van der Waals surface area contributed by atoms with Crippen LogP contribution in [-0.2, 0) is 4.79 Å². The van der Waals surface area contributed by atoms with Gasteiger partial charge < -0.3 is 5.11 Å². The number of carboxylic acid groups (broad SMARTS) is 1. The third-order valence-electron chi connectivity index (χ3n) is 2.83. The van der Waals surface area contributed by atoms with Crippen LogP contribution in [0, 0.1) is 11.7 Å². The average molecular weight is 194 g/mol. The number of halogens is 1. The molecule has 0 bridgehead atoms. The molecule has 14 heavy (non-hydrogen) atoms. The summed E-state index contributed by atoms with van der Waals surface area (Å²) in [7, 11) is 0. The van der Waals surface area contributed by atoms with Crippen molar-refractivity contribution in [2.24, 2.45) is 5.92 Å². The van der Waals surface area contributed by atoms with Crippen molar-refractivity contribution in [2.75, 3.05) is 0 Å². The topological polar surface area (TPSA) is 37.3 Å². The number of benzene rings is 1. The van der Waals surface area contributed by atoms with E-state index in [1.54, 1.807) is 12.1 Å². The van der Waals surface area contributed by atoms with Crippen LogP contribution < -0.4 is 0 Å². The molecule has 1 aromatic carbocycles. The SMILES string of the molecule is O=C(O)[C@H]1C[C@H](c2ccc(F)cc2)C1. The highest BCUT2D eigenvalue weighted by atomic mass is 19.1. The summed E-state index contributed by atoms with van der Waals surface area (Å²) < 4.78 is 12.6. The van der Waals surface area contributed by atoms with Gasteiger partial charge >= 0.3 is 5.97 Å². The van der Waals surface area contributed by atoms with E-state index in [4.69, 9.17) is 5.11 Å². The second-order valence-corrected chi connectivity index (χ2v) is 3.76. The maximum Gasteiger partial charge on any atom is 0.306 e. The Labute approximate surface area is 81.4 Å². The summed E-state index contributed by atoms with van der Waals surface area (Å²) in [6.07, 6.45) is 1.36. The van der Waals surface area contributed by atoms with Crippen molar-refractivity contribution in [1.82, 2.24) is 0 Å². The first-order valence-electron chi connectivity index (χ1n) is 4.65. The van der Waals surface area contributed by atoms with E-state index in [2.05, 4.69) is 0 Å². The number of hydrogen-bond donors (Lipinski definition) is 1. The molecule has 0 aromatic heterocycles. The lowest BCUT2D eigenvalue weighted by Gasteiger charge is -2.32. The molecule has 74 valence electrons. The second kappa shape index (κ2) is 3.40. The molecule has 0 spiro atoms. The molecule has 1 aliphatic carbocycles. The van der Waals surface area contributed by atoms with Gasteiger partial charge in [0.2, 0.25) is 0 Å². The Balaban J connectivity index is 2.00. The van der Waals surface area contributed by atoms with E-state index in [-0.39, 0.29) is 11.7 Å². The summed E-state index contributed by atoms with van der Waals surface area (Å²) >= 11 is 0. The number of carboxylic acids is 1. The zero-order valence-corrected chi connectivity index (χ0v) is 7.61. The van der Waals surface area contributed by atoms with Gasteiger partial charge in [-0.05, 0) is 36.5 Å². The van der Waals surface area contributed by atoms with Crippen LogP contribution in [0.15, 0.2) is 24.3 Å². The molecule has 0 aliphatic heterocycles. The smallest absolute Gasteiger partial charge is 0.306 e. The van der Waals surface area contributed by atoms with Crippen molar-refractivity contribution in [2.45, 2.75) is 18.8 Å². The fourth-order valence-corrected chi connectivity index (χ4v) is 1.83. The van der Waals surface area contributed by atoms with Crippen molar-refractivity contribution in [3.8, 4) is 0 Å². The zero-order valence-electron chi connectivity index (χ0n) is 7.61. The van der Waals surface area contributed by atoms with E-state index in [1.807, 2.05) is 0 Å². The summed E-state index contributed by atoms with van der Waals surface area (Å²) in [6.45, 7) is 0. The normalized spacial score (nSPS) is 25.5. The minimum Gasteiger partial charge on any atom is -0.481 e. The molecule has 0 unspecified atom stereocenters. The van der Waals surface area contributed by atoms with Gasteiger partial charge in [-0.3, -0.25) is 4.79 Å². The van der Waals surface area contributed by atoms with Crippen LogP contribution in [0.4, 0.5) is 4.39 Å². The number of carbonyl (C=O) groups is 1. The highest BCUT2D eigenvalue weighted by molar-refractivity contribution is 5.71. The lowest BCUT2D eigenvalue weighted by atomic mass is 9.71. The average Bonchev–Trinajstić information content (AvgIpc) is 2.05. The van der Waals surface area contributed by atoms with Crippen LogP contribution in [0.1, 0.15) is 24.3 Å².